The summed E-state index contributed by atoms with van der Waals surface area (Å²) in [6.45, 7) is 7.36. The summed E-state index contributed by atoms with van der Waals surface area (Å²) in [6, 6.07) is 0. The summed E-state index contributed by atoms with van der Waals surface area (Å²) < 4.78 is 9.91. The third kappa shape index (κ3) is 4.00. The van der Waals surface area contributed by atoms with E-state index >= 15 is 0 Å². The number of aromatic nitrogens is 1. The number of nitrogens with zero attached hydrogens (tertiary/aromatic N) is 1. The second kappa shape index (κ2) is 6.46. The summed E-state index contributed by atoms with van der Waals surface area (Å²) in [5.74, 6) is 2.89. The maximum atomic E-state index is 5.85. The van der Waals surface area contributed by atoms with E-state index in [1.165, 1.54) is 37.2 Å². The number of hydrogen-bond acceptors (Lipinski definition) is 5. The molecule has 1 aliphatic rings. The molecular weight excluding hydrogens is 258 g/mol. The van der Waals surface area contributed by atoms with Crippen LogP contribution in [-0.4, -0.2) is 17.0 Å². The monoisotopic (exact) mass is 283 g/mol. The van der Waals surface area contributed by atoms with E-state index in [9.17, 15) is 0 Å². The Labute approximate surface area is 119 Å². The van der Waals surface area contributed by atoms with Gasteiger partial charge in [0, 0.05) is 6.54 Å². The highest BCUT2D eigenvalue weighted by Crippen LogP contribution is 2.37. The van der Waals surface area contributed by atoms with Gasteiger partial charge in [-0.25, -0.2) is 0 Å². The summed E-state index contributed by atoms with van der Waals surface area (Å²) >= 11 is 1.40. The molecule has 0 saturated heterocycles. The van der Waals surface area contributed by atoms with Crippen LogP contribution in [0.1, 0.15) is 46.5 Å². The van der Waals surface area contributed by atoms with Crippen molar-refractivity contribution in [2.24, 2.45) is 11.8 Å². The fourth-order valence-electron chi connectivity index (χ4n) is 2.53. The second-order valence-electron chi connectivity index (χ2n) is 5.90. The SMILES string of the molecule is CC1CCC(CNc2snc(N)c2OC(C)C)CC1. The van der Waals surface area contributed by atoms with Crippen LogP contribution in [0.5, 0.6) is 5.75 Å². The van der Waals surface area contributed by atoms with Gasteiger partial charge >= 0.3 is 0 Å². The van der Waals surface area contributed by atoms with Crippen molar-refractivity contribution in [3.63, 3.8) is 0 Å². The summed E-state index contributed by atoms with van der Waals surface area (Å²) in [7, 11) is 0. The van der Waals surface area contributed by atoms with Crippen molar-refractivity contribution in [1.82, 2.24) is 4.37 Å². The van der Waals surface area contributed by atoms with Crippen molar-refractivity contribution in [1.29, 1.82) is 0 Å². The highest BCUT2D eigenvalue weighted by atomic mass is 32.1. The van der Waals surface area contributed by atoms with Crippen LogP contribution < -0.4 is 15.8 Å². The Hall–Kier alpha value is -0.970. The topological polar surface area (TPSA) is 60.2 Å². The molecule has 2 rings (SSSR count). The van der Waals surface area contributed by atoms with E-state index in [2.05, 4.69) is 16.6 Å². The van der Waals surface area contributed by atoms with Crippen molar-refractivity contribution in [2.75, 3.05) is 17.6 Å². The van der Waals surface area contributed by atoms with E-state index in [0.29, 0.717) is 5.82 Å². The fraction of sp³-hybridized carbons (Fsp3) is 0.786. The molecule has 0 atom stereocenters. The van der Waals surface area contributed by atoms with Crippen LogP contribution in [0, 0.1) is 11.8 Å². The number of nitrogens with one attached hydrogen (secondary N) is 1. The Balaban J connectivity index is 1.89. The average molecular weight is 283 g/mol. The van der Waals surface area contributed by atoms with Gasteiger partial charge in [0.25, 0.3) is 0 Å². The minimum atomic E-state index is 0.120. The van der Waals surface area contributed by atoms with Crippen LogP contribution in [0.25, 0.3) is 0 Å². The van der Waals surface area contributed by atoms with E-state index in [1.807, 2.05) is 13.8 Å². The molecule has 0 unspecified atom stereocenters. The molecule has 0 spiro atoms. The lowest BCUT2D eigenvalue weighted by atomic mass is 9.83. The lowest BCUT2D eigenvalue weighted by molar-refractivity contribution is 0.245. The molecular formula is C14H25N3OS. The first-order chi connectivity index (χ1) is 9.06. The van der Waals surface area contributed by atoms with Crippen LogP contribution in [0.15, 0.2) is 0 Å². The number of anilines is 2. The predicted molar refractivity (Wildman–Crippen MR) is 81.9 cm³/mol. The molecule has 5 heteroatoms. The highest BCUT2D eigenvalue weighted by molar-refractivity contribution is 7.11. The molecule has 0 radical (unpaired) electrons. The highest BCUT2D eigenvalue weighted by Gasteiger charge is 2.20. The molecule has 0 aliphatic heterocycles. The first kappa shape index (κ1) is 14.4. The lowest BCUT2D eigenvalue weighted by Gasteiger charge is -2.26. The van der Waals surface area contributed by atoms with Gasteiger partial charge in [-0.3, -0.25) is 0 Å². The molecule has 1 heterocycles. The number of nitrogens with two attached hydrogens (primary N) is 1. The van der Waals surface area contributed by atoms with E-state index in [-0.39, 0.29) is 6.10 Å². The molecule has 0 amide bonds. The first-order valence-electron chi connectivity index (χ1n) is 7.22. The standard InChI is InChI=1S/C14H25N3OS/c1-9(2)18-12-13(15)17-19-14(12)16-8-11-6-4-10(3)5-7-11/h9-11,16H,4-8H2,1-3H3,(H2,15,17). The summed E-state index contributed by atoms with van der Waals surface area (Å²) in [4.78, 5) is 0. The number of rotatable bonds is 5. The molecule has 1 fully saturated rings. The van der Waals surface area contributed by atoms with E-state index in [1.54, 1.807) is 0 Å². The Morgan fingerprint density at radius 3 is 2.68 bits per heavy atom. The second-order valence-corrected chi connectivity index (χ2v) is 6.67. The molecule has 1 aromatic heterocycles. The number of nitrogen functional groups attached to an aromatic ring is 1. The normalized spacial score (nSPS) is 23.6. The number of hydrogen-bond donors (Lipinski definition) is 2. The Morgan fingerprint density at radius 1 is 1.37 bits per heavy atom. The van der Waals surface area contributed by atoms with Gasteiger partial charge < -0.3 is 15.8 Å². The minimum Gasteiger partial charge on any atom is -0.484 e. The molecule has 19 heavy (non-hydrogen) atoms. The third-order valence-corrected chi connectivity index (χ3v) is 4.51. The van der Waals surface area contributed by atoms with Crippen molar-refractivity contribution in [3.05, 3.63) is 0 Å². The van der Waals surface area contributed by atoms with Gasteiger partial charge in [0.1, 0.15) is 0 Å². The Morgan fingerprint density at radius 2 is 2.05 bits per heavy atom. The van der Waals surface area contributed by atoms with Crippen LogP contribution in [0.2, 0.25) is 0 Å². The Kier molecular flexibility index (Phi) is 4.91. The molecule has 108 valence electrons. The van der Waals surface area contributed by atoms with Gasteiger partial charge in [-0.1, -0.05) is 19.8 Å². The van der Waals surface area contributed by atoms with Crippen molar-refractivity contribution >= 4 is 22.4 Å². The van der Waals surface area contributed by atoms with Crippen LogP contribution >= 0.6 is 11.5 Å². The van der Waals surface area contributed by atoms with Gasteiger partial charge in [-0.05, 0) is 50.1 Å². The van der Waals surface area contributed by atoms with Crippen molar-refractivity contribution in [3.8, 4) is 5.75 Å². The van der Waals surface area contributed by atoms with Gasteiger partial charge in [0.05, 0.1) is 6.10 Å². The van der Waals surface area contributed by atoms with Gasteiger partial charge in [-0.15, -0.1) is 0 Å². The lowest BCUT2D eigenvalue weighted by Crippen LogP contribution is -2.20. The zero-order valence-corrected chi connectivity index (χ0v) is 12.9. The molecule has 0 aromatic carbocycles. The zero-order valence-electron chi connectivity index (χ0n) is 12.1. The summed E-state index contributed by atoms with van der Waals surface area (Å²) in [5.41, 5.74) is 5.85. The minimum absolute atomic E-state index is 0.120. The Bertz CT molecular complexity index is 397. The van der Waals surface area contributed by atoms with E-state index < -0.39 is 0 Å². The fourth-order valence-corrected chi connectivity index (χ4v) is 3.18. The summed E-state index contributed by atoms with van der Waals surface area (Å²) in [6.07, 6.45) is 5.47. The van der Waals surface area contributed by atoms with E-state index in [4.69, 9.17) is 10.5 Å². The smallest absolute Gasteiger partial charge is 0.197 e. The van der Waals surface area contributed by atoms with Crippen molar-refractivity contribution < 1.29 is 4.74 Å². The maximum Gasteiger partial charge on any atom is 0.197 e. The molecule has 1 saturated carbocycles. The van der Waals surface area contributed by atoms with Gasteiger partial charge in [0.2, 0.25) is 0 Å². The van der Waals surface area contributed by atoms with Crippen LogP contribution in [0.4, 0.5) is 10.8 Å². The third-order valence-electron chi connectivity index (χ3n) is 3.71. The average Bonchev–Trinajstić information content (AvgIpc) is 2.70. The van der Waals surface area contributed by atoms with Crippen LogP contribution in [0.3, 0.4) is 0 Å². The molecule has 1 aliphatic carbocycles. The van der Waals surface area contributed by atoms with Gasteiger partial charge in [0.15, 0.2) is 16.6 Å². The predicted octanol–water partition coefficient (Wildman–Crippen LogP) is 3.75. The van der Waals surface area contributed by atoms with Crippen molar-refractivity contribution in [2.45, 2.75) is 52.6 Å². The quantitative estimate of drug-likeness (QED) is 0.864. The van der Waals surface area contributed by atoms with Crippen LogP contribution in [-0.2, 0) is 0 Å². The largest absolute Gasteiger partial charge is 0.484 e. The molecule has 0 bridgehead atoms. The molecule has 1 aromatic rings. The molecule has 4 nitrogen and oxygen atoms in total. The number of ether oxygens (including phenoxy) is 1. The maximum absolute atomic E-state index is 5.85. The molecule has 3 N–H and O–H groups in total. The summed E-state index contributed by atoms with van der Waals surface area (Å²) in [5, 5.41) is 4.45. The first-order valence-corrected chi connectivity index (χ1v) is 7.99. The van der Waals surface area contributed by atoms with Gasteiger partial charge in [-0.2, -0.15) is 4.37 Å². The zero-order chi connectivity index (χ0) is 13.8. The van der Waals surface area contributed by atoms with E-state index in [0.717, 1.165) is 29.1 Å².